The van der Waals surface area contributed by atoms with Crippen LogP contribution < -0.4 is 11.6 Å². The standard InChI is InChI=1S/C11H22N4/c1-4-5-6-7-9-10(12)15(13)11(14-9)8(2)3/h8H,4-7,12-13H2,1-3H3. The quantitative estimate of drug-likeness (QED) is 0.577. The maximum Gasteiger partial charge on any atom is 0.145 e. The average molecular weight is 210 g/mol. The van der Waals surface area contributed by atoms with Crippen molar-refractivity contribution in [3.8, 4) is 0 Å². The number of imidazole rings is 1. The number of hydrogen-bond acceptors (Lipinski definition) is 3. The SMILES string of the molecule is CCCCCc1nc(C(C)C)n(N)c1N. The molecule has 4 N–H and O–H groups in total. The number of hydrogen-bond donors (Lipinski definition) is 2. The monoisotopic (exact) mass is 210 g/mol. The van der Waals surface area contributed by atoms with Crippen LogP contribution in [0.15, 0.2) is 0 Å². The van der Waals surface area contributed by atoms with E-state index in [1.807, 2.05) is 0 Å². The van der Waals surface area contributed by atoms with Gasteiger partial charge in [0.1, 0.15) is 11.6 Å². The smallest absolute Gasteiger partial charge is 0.145 e. The molecule has 1 heterocycles. The number of nitrogen functional groups attached to an aromatic ring is 2. The Morgan fingerprint density at radius 1 is 1.33 bits per heavy atom. The van der Waals surface area contributed by atoms with E-state index in [1.54, 1.807) is 0 Å². The molecule has 4 nitrogen and oxygen atoms in total. The summed E-state index contributed by atoms with van der Waals surface area (Å²) in [5.41, 5.74) is 6.85. The first-order valence-electron chi connectivity index (χ1n) is 5.70. The Hall–Kier alpha value is -1.19. The van der Waals surface area contributed by atoms with Gasteiger partial charge in [-0.05, 0) is 12.8 Å². The van der Waals surface area contributed by atoms with Crippen LogP contribution in [0.25, 0.3) is 0 Å². The van der Waals surface area contributed by atoms with E-state index in [1.165, 1.54) is 17.5 Å². The first-order valence-corrected chi connectivity index (χ1v) is 5.70. The molecular formula is C11H22N4. The molecule has 4 heteroatoms. The van der Waals surface area contributed by atoms with E-state index in [0.717, 1.165) is 24.4 Å². The predicted molar refractivity (Wildman–Crippen MR) is 64.1 cm³/mol. The third kappa shape index (κ3) is 2.64. The number of rotatable bonds is 5. The number of anilines is 1. The van der Waals surface area contributed by atoms with Gasteiger partial charge in [0.05, 0.1) is 5.69 Å². The van der Waals surface area contributed by atoms with Crippen LogP contribution >= 0.6 is 0 Å². The van der Waals surface area contributed by atoms with Crippen molar-refractivity contribution in [3.63, 3.8) is 0 Å². The minimum Gasteiger partial charge on any atom is -0.382 e. The zero-order chi connectivity index (χ0) is 11.4. The normalized spacial score (nSPS) is 11.2. The molecular weight excluding hydrogens is 188 g/mol. The Bertz CT molecular complexity index is 315. The fourth-order valence-electron chi connectivity index (χ4n) is 1.65. The van der Waals surface area contributed by atoms with Crippen molar-refractivity contribution in [1.29, 1.82) is 0 Å². The molecule has 86 valence electrons. The highest BCUT2D eigenvalue weighted by molar-refractivity contribution is 5.39. The van der Waals surface area contributed by atoms with Crippen LogP contribution in [-0.4, -0.2) is 9.66 Å². The van der Waals surface area contributed by atoms with Gasteiger partial charge in [-0.15, -0.1) is 0 Å². The van der Waals surface area contributed by atoms with Gasteiger partial charge in [-0.25, -0.2) is 9.66 Å². The van der Waals surface area contributed by atoms with Crippen LogP contribution in [-0.2, 0) is 6.42 Å². The Morgan fingerprint density at radius 3 is 2.47 bits per heavy atom. The molecule has 0 unspecified atom stereocenters. The topological polar surface area (TPSA) is 69.9 Å². The number of nitrogens with zero attached hydrogens (tertiary/aromatic N) is 2. The molecule has 0 aliphatic rings. The van der Waals surface area contributed by atoms with Gasteiger partial charge in [0.25, 0.3) is 0 Å². The molecule has 1 aromatic rings. The molecule has 0 aromatic carbocycles. The lowest BCUT2D eigenvalue weighted by Crippen LogP contribution is -2.16. The van der Waals surface area contributed by atoms with Crippen molar-refractivity contribution in [2.24, 2.45) is 0 Å². The van der Waals surface area contributed by atoms with Crippen LogP contribution in [0.3, 0.4) is 0 Å². The van der Waals surface area contributed by atoms with Crippen molar-refractivity contribution in [2.45, 2.75) is 52.4 Å². The maximum atomic E-state index is 5.90. The van der Waals surface area contributed by atoms with Gasteiger partial charge in [-0.2, -0.15) is 0 Å². The molecule has 0 amide bonds. The third-order valence-electron chi connectivity index (χ3n) is 2.59. The van der Waals surface area contributed by atoms with Crippen molar-refractivity contribution in [1.82, 2.24) is 9.66 Å². The summed E-state index contributed by atoms with van der Waals surface area (Å²) in [7, 11) is 0. The number of aromatic nitrogens is 2. The van der Waals surface area contributed by atoms with Crippen molar-refractivity contribution in [2.75, 3.05) is 11.6 Å². The maximum absolute atomic E-state index is 5.90. The Balaban J connectivity index is 2.76. The van der Waals surface area contributed by atoms with Gasteiger partial charge < -0.3 is 11.6 Å². The van der Waals surface area contributed by atoms with Crippen LogP contribution in [0, 0.1) is 0 Å². The molecule has 0 saturated heterocycles. The second-order valence-corrected chi connectivity index (χ2v) is 4.28. The highest BCUT2D eigenvalue weighted by Crippen LogP contribution is 2.19. The van der Waals surface area contributed by atoms with E-state index < -0.39 is 0 Å². The summed E-state index contributed by atoms with van der Waals surface area (Å²) in [5, 5.41) is 0. The number of unbranched alkanes of at least 4 members (excludes halogenated alkanes) is 2. The summed E-state index contributed by atoms with van der Waals surface area (Å²) in [5.74, 6) is 7.65. The van der Waals surface area contributed by atoms with E-state index in [4.69, 9.17) is 11.6 Å². The molecule has 0 aliphatic carbocycles. The summed E-state index contributed by atoms with van der Waals surface area (Å²) in [6.45, 7) is 6.33. The van der Waals surface area contributed by atoms with E-state index in [2.05, 4.69) is 25.8 Å². The van der Waals surface area contributed by atoms with E-state index in [0.29, 0.717) is 11.7 Å². The van der Waals surface area contributed by atoms with Crippen LogP contribution in [0.2, 0.25) is 0 Å². The summed E-state index contributed by atoms with van der Waals surface area (Å²) in [6.07, 6.45) is 4.49. The van der Waals surface area contributed by atoms with Gasteiger partial charge in [0.2, 0.25) is 0 Å². The van der Waals surface area contributed by atoms with E-state index >= 15 is 0 Å². The Kier molecular flexibility index (Phi) is 4.00. The molecule has 0 radical (unpaired) electrons. The van der Waals surface area contributed by atoms with Gasteiger partial charge in [-0.1, -0.05) is 33.6 Å². The molecule has 0 aliphatic heterocycles. The second-order valence-electron chi connectivity index (χ2n) is 4.28. The molecule has 0 spiro atoms. The minimum atomic E-state index is 0.317. The molecule has 0 saturated carbocycles. The van der Waals surface area contributed by atoms with Gasteiger partial charge in [-0.3, -0.25) is 0 Å². The van der Waals surface area contributed by atoms with Gasteiger partial charge in [0.15, 0.2) is 0 Å². The second kappa shape index (κ2) is 5.05. The lowest BCUT2D eigenvalue weighted by Gasteiger charge is -2.04. The fourth-order valence-corrected chi connectivity index (χ4v) is 1.65. The minimum absolute atomic E-state index is 0.317. The lowest BCUT2D eigenvalue weighted by molar-refractivity contribution is 0.703. The first-order chi connectivity index (χ1) is 7.07. The summed E-state index contributed by atoms with van der Waals surface area (Å²) in [4.78, 5) is 4.49. The lowest BCUT2D eigenvalue weighted by atomic mass is 10.1. The molecule has 1 rings (SSSR count). The molecule has 0 atom stereocenters. The summed E-state index contributed by atoms with van der Waals surface area (Å²) in [6, 6.07) is 0. The van der Waals surface area contributed by atoms with Crippen LogP contribution in [0.4, 0.5) is 5.82 Å². The molecule has 0 fully saturated rings. The summed E-state index contributed by atoms with van der Waals surface area (Å²) >= 11 is 0. The van der Waals surface area contributed by atoms with E-state index in [9.17, 15) is 0 Å². The van der Waals surface area contributed by atoms with Crippen LogP contribution in [0.5, 0.6) is 0 Å². The summed E-state index contributed by atoms with van der Waals surface area (Å²) < 4.78 is 1.52. The zero-order valence-corrected chi connectivity index (χ0v) is 9.95. The van der Waals surface area contributed by atoms with Crippen molar-refractivity contribution < 1.29 is 0 Å². The fraction of sp³-hybridized carbons (Fsp3) is 0.727. The van der Waals surface area contributed by atoms with Crippen LogP contribution in [0.1, 0.15) is 57.5 Å². The Labute approximate surface area is 91.6 Å². The molecule has 15 heavy (non-hydrogen) atoms. The molecule has 1 aromatic heterocycles. The van der Waals surface area contributed by atoms with Gasteiger partial charge in [0, 0.05) is 5.92 Å². The zero-order valence-electron chi connectivity index (χ0n) is 9.95. The predicted octanol–water partition coefficient (Wildman–Crippen LogP) is 2.04. The van der Waals surface area contributed by atoms with E-state index in [-0.39, 0.29) is 0 Å². The van der Waals surface area contributed by atoms with Gasteiger partial charge >= 0.3 is 0 Å². The molecule has 0 bridgehead atoms. The van der Waals surface area contributed by atoms with Crippen molar-refractivity contribution in [3.05, 3.63) is 11.5 Å². The Morgan fingerprint density at radius 2 is 2.00 bits per heavy atom. The highest BCUT2D eigenvalue weighted by Gasteiger charge is 2.14. The largest absolute Gasteiger partial charge is 0.382 e. The number of aryl methyl sites for hydroxylation is 1. The first kappa shape index (κ1) is 11.9. The third-order valence-corrected chi connectivity index (χ3v) is 2.59. The van der Waals surface area contributed by atoms with Crippen molar-refractivity contribution >= 4 is 5.82 Å². The number of nitrogens with two attached hydrogens (primary N) is 2. The highest BCUT2D eigenvalue weighted by atomic mass is 15.4. The average Bonchev–Trinajstić information content (AvgIpc) is 2.46.